The van der Waals surface area contributed by atoms with E-state index in [1.807, 2.05) is 0 Å². The molecule has 0 aromatic carbocycles. The number of alkyl halides is 3. The standard InChI is InChI=1S/C11H12ClF3N2O3/c1-5(18)16-4-8(19)9(20)7-2-6(11(13,14)15)3-17-10(7)12/h2-3,8-9,19-20H,4H2,1H3,(H,16,18). The number of carbonyl (C=O) groups is 1. The second kappa shape index (κ2) is 6.38. The van der Waals surface area contributed by atoms with Gasteiger partial charge in [0.05, 0.1) is 5.56 Å². The predicted octanol–water partition coefficient (Wildman–Crippen LogP) is 1.28. The lowest BCUT2D eigenvalue weighted by atomic mass is 10.0. The Labute approximate surface area is 117 Å². The maximum atomic E-state index is 12.5. The molecule has 112 valence electrons. The van der Waals surface area contributed by atoms with Crippen LogP contribution in [0, 0.1) is 0 Å². The summed E-state index contributed by atoms with van der Waals surface area (Å²) in [6.45, 7) is 0.862. The van der Waals surface area contributed by atoms with Gasteiger partial charge in [0, 0.05) is 25.2 Å². The zero-order valence-corrected chi connectivity index (χ0v) is 11.0. The number of nitrogens with zero attached hydrogens (tertiary/aromatic N) is 1. The van der Waals surface area contributed by atoms with Gasteiger partial charge in [-0.3, -0.25) is 4.79 Å². The third-order valence-corrected chi connectivity index (χ3v) is 2.75. The third kappa shape index (κ3) is 4.32. The first-order valence-electron chi connectivity index (χ1n) is 5.46. The van der Waals surface area contributed by atoms with Gasteiger partial charge in [-0.1, -0.05) is 11.6 Å². The Morgan fingerprint density at radius 2 is 2.10 bits per heavy atom. The first-order chi connectivity index (χ1) is 9.12. The minimum atomic E-state index is -4.64. The van der Waals surface area contributed by atoms with E-state index in [9.17, 15) is 28.2 Å². The lowest BCUT2D eigenvalue weighted by Gasteiger charge is -2.20. The maximum absolute atomic E-state index is 12.5. The summed E-state index contributed by atoms with van der Waals surface area (Å²) >= 11 is 5.61. The van der Waals surface area contributed by atoms with Crippen molar-refractivity contribution in [2.75, 3.05) is 6.54 Å². The molecule has 9 heteroatoms. The van der Waals surface area contributed by atoms with Crippen molar-refractivity contribution in [1.82, 2.24) is 10.3 Å². The van der Waals surface area contributed by atoms with E-state index in [1.54, 1.807) is 0 Å². The Morgan fingerprint density at radius 1 is 1.50 bits per heavy atom. The molecule has 3 N–H and O–H groups in total. The van der Waals surface area contributed by atoms with E-state index in [0.29, 0.717) is 12.3 Å². The number of rotatable bonds is 4. The summed E-state index contributed by atoms with van der Waals surface area (Å²) in [5.41, 5.74) is -1.46. The molecule has 1 heterocycles. The Hall–Kier alpha value is -1.38. The summed E-state index contributed by atoms with van der Waals surface area (Å²) in [6.07, 6.45) is -7.33. The van der Waals surface area contributed by atoms with Crippen molar-refractivity contribution < 1.29 is 28.2 Å². The molecule has 0 fully saturated rings. The van der Waals surface area contributed by atoms with Crippen molar-refractivity contribution in [3.63, 3.8) is 0 Å². The van der Waals surface area contributed by atoms with Gasteiger partial charge in [-0.15, -0.1) is 0 Å². The molecule has 0 aliphatic heterocycles. The van der Waals surface area contributed by atoms with Crippen molar-refractivity contribution >= 4 is 17.5 Å². The highest BCUT2D eigenvalue weighted by Crippen LogP contribution is 2.33. The van der Waals surface area contributed by atoms with Crippen LogP contribution in [0.3, 0.4) is 0 Å². The number of halogens is 4. The number of pyridine rings is 1. The fourth-order valence-corrected chi connectivity index (χ4v) is 1.61. The van der Waals surface area contributed by atoms with E-state index in [2.05, 4.69) is 10.3 Å². The van der Waals surface area contributed by atoms with E-state index >= 15 is 0 Å². The molecule has 0 spiro atoms. The number of amides is 1. The average Bonchev–Trinajstić information content (AvgIpc) is 2.34. The van der Waals surface area contributed by atoms with Gasteiger partial charge < -0.3 is 15.5 Å². The van der Waals surface area contributed by atoms with E-state index < -0.39 is 29.9 Å². The van der Waals surface area contributed by atoms with E-state index in [4.69, 9.17) is 11.6 Å². The zero-order valence-electron chi connectivity index (χ0n) is 10.3. The smallest absolute Gasteiger partial charge is 0.388 e. The molecular weight excluding hydrogens is 301 g/mol. The molecule has 1 aromatic rings. The molecule has 1 aromatic heterocycles. The van der Waals surface area contributed by atoms with Gasteiger partial charge in [-0.2, -0.15) is 13.2 Å². The van der Waals surface area contributed by atoms with Crippen molar-refractivity contribution in [3.8, 4) is 0 Å². The van der Waals surface area contributed by atoms with E-state index in [1.165, 1.54) is 6.92 Å². The van der Waals surface area contributed by atoms with Crippen LogP contribution in [0.1, 0.15) is 24.2 Å². The number of hydrogen-bond acceptors (Lipinski definition) is 4. The molecule has 0 aliphatic carbocycles. The lowest BCUT2D eigenvalue weighted by Crippen LogP contribution is -2.34. The van der Waals surface area contributed by atoms with Crippen molar-refractivity contribution in [1.29, 1.82) is 0 Å². The number of aliphatic hydroxyl groups is 2. The van der Waals surface area contributed by atoms with Crippen molar-refractivity contribution in [3.05, 3.63) is 28.5 Å². The SMILES string of the molecule is CC(=O)NCC(O)C(O)c1cc(C(F)(F)F)cnc1Cl. The Kier molecular flexibility index (Phi) is 5.32. The third-order valence-electron chi connectivity index (χ3n) is 2.44. The zero-order chi connectivity index (χ0) is 15.5. The first-order valence-corrected chi connectivity index (χ1v) is 5.84. The Bertz CT molecular complexity index is 496. The highest BCUT2D eigenvalue weighted by Gasteiger charge is 2.33. The number of aliphatic hydroxyl groups excluding tert-OH is 2. The van der Waals surface area contributed by atoms with Crippen molar-refractivity contribution in [2.45, 2.75) is 25.3 Å². The van der Waals surface area contributed by atoms with Crippen LogP contribution in [0.5, 0.6) is 0 Å². The van der Waals surface area contributed by atoms with Gasteiger partial charge in [-0.25, -0.2) is 4.98 Å². The minimum Gasteiger partial charge on any atom is -0.388 e. The molecule has 20 heavy (non-hydrogen) atoms. The maximum Gasteiger partial charge on any atom is 0.417 e. The topological polar surface area (TPSA) is 82.5 Å². The number of nitrogens with one attached hydrogen (secondary N) is 1. The highest BCUT2D eigenvalue weighted by atomic mass is 35.5. The quantitative estimate of drug-likeness (QED) is 0.732. The molecule has 0 saturated heterocycles. The first kappa shape index (κ1) is 16.7. The van der Waals surface area contributed by atoms with Gasteiger partial charge in [-0.05, 0) is 6.07 Å². The Morgan fingerprint density at radius 3 is 2.60 bits per heavy atom. The van der Waals surface area contributed by atoms with Gasteiger partial charge in [0.2, 0.25) is 5.91 Å². The van der Waals surface area contributed by atoms with Gasteiger partial charge >= 0.3 is 6.18 Å². The van der Waals surface area contributed by atoms with Crippen molar-refractivity contribution in [2.24, 2.45) is 0 Å². The fourth-order valence-electron chi connectivity index (χ4n) is 1.39. The summed E-state index contributed by atoms with van der Waals surface area (Å²) in [7, 11) is 0. The lowest BCUT2D eigenvalue weighted by molar-refractivity contribution is -0.138. The highest BCUT2D eigenvalue weighted by molar-refractivity contribution is 6.30. The molecule has 1 rings (SSSR count). The molecule has 5 nitrogen and oxygen atoms in total. The molecule has 2 unspecified atom stereocenters. The van der Waals surface area contributed by atoms with E-state index in [0.717, 1.165) is 0 Å². The monoisotopic (exact) mass is 312 g/mol. The van der Waals surface area contributed by atoms with Crippen LogP contribution in [-0.2, 0) is 11.0 Å². The summed E-state index contributed by atoms with van der Waals surface area (Å²) in [5, 5.41) is 21.3. The predicted molar refractivity (Wildman–Crippen MR) is 63.9 cm³/mol. The van der Waals surface area contributed by atoms with Crippen LogP contribution < -0.4 is 5.32 Å². The molecule has 0 aliphatic rings. The number of carbonyl (C=O) groups excluding carboxylic acids is 1. The van der Waals surface area contributed by atoms with Crippen LogP contribution in [0.2, 0.25) is 5.15 Å². The molecular formula is C11H12ClF3N2O3. The van der Waals surface area contributed by atoms with Crippen LogP contribution >= 0.6 is 11.6 Å². The fraction of sp³-hybridized carbons (Fsp3) is 0.455. The molecule has 0 bridgehead atoms. The Balaban J connectivity index is 2.97. The number of aromatic nitrogens is 1. The van der Waals surface area contributed by atoms with Crippen LogP contribution in [0.15, 0.2) is 12.3 Å². The van der Waals surface area contributed by atoms with Crippen LogP contribution in [0.4, 0.5) is 13.2 Å². The largest absolute Gasteiger partial charge is 0.417 e. The summed E-state index contributed by atoms with van der Waals surface area (Å²) in [4.78, 5) is 14.0. The second-order valence-electron chi connectivity index (χ2n) is 4.05. The second-order valence-corrected chi connectivity index (χ2v) is 4.41. The molecule has 0 radical (unpaired) electrons. The summed E-state index contributed by atoms with van der Waals surface area (Å²) < 4.78 is 37.6. The van der Waals surface area contributed by atoms with Gasteiger partial charge in [0.25, 0.3) is 0 Å². The normalized spacial score (nSPS) is 14.8. The average molecular weight is 313 g/mol. The van der Waals surface area contributed by atoms with Crippen LogP contribution in [-0.4, -0.2) is 33.8 Å². The molecule has 0 saturated carbocycles. The molecule has 2 atom stereocenters. The summed E-state index contributed by atoms with van der Waals surface area (Å²) in [6, 6.07) is 0.608. The number of hydrogen-bond donors (Lipinski definition) is 3. The summed E-state index contributed by atoms with van der Waals surface area (Å²) in [5.74, 6) is -0.454. The van der Waals surface area contributed by atoms with E-state index in [-0.39, 0.29) is 17.3 Å². The van der Waals surface area contributed by atoms with Gasteiger partial charge in [0.15, 0.2) is 0 Å². The van der Waals surface area contributed by atoms with Gasteiger partial charge in [0.1, 0.15) is 17.4 Å². The minimum absolute atomic E-state index is 0.330. The molecule has 1 amide bonds. The van der Waals surface area contributed by atoms with Crippen LogP contribution in [0.25, 0.3) is 0 Å².